The molecule has 0 atom stereocenters. The maximum absolute atomic E-state index is 11.0. The van der Waals surface area contributed by atoms with E-state index < -0.39 is 4.92 Å². The van der Waals surface area contributed by atoms with Crippen LogP contribution in [0.5, 0.6) is 5.75 Å². The number of fused-ring (bicyclic) bond motifs is 1. The Bertz CT molecular complexity index is 635. The lowest BCUT2D eigenvalue weighted by molar-refractivity contribution is -0.383. The molecule has 0 radical (unpaired) electrons. The molecule has 0 unspecified atom stereocenters. The molecule has 0 bridgehead atoms. The molecule has 18 heavy (non-hydrogen) atoms. The van der Waals surface area contributed by atoms with Gasteiger partial charge in [-0.25, -0.2) is 4.98 Å². The van der Waals surface area contributed by atoms with Crippen LogP contribution >= 0.6 is 0 Å². The summed E-state index contributed by atoms with van der Waals surface area (Å²) in [6.45, 7) is 1.89. The van der Waals surface area contributed by atoms with Gasteiger partial charge in [-0.15, -0.1) is 0 Å². The lowest BCUT2D eigenvalue weighted by atomic mass is 10.1. The number of nitro benzene ring substituents is 1. The minimum atomic E-state index is -0.447. The van der Waals surface area contributed by atoms with Crippen molar-refractivity contribution in [2.24, 2.45) is 0 Å². The molecule has 0 aliphatic rings. The molecule has 5 heteroatoms. The van der Waals surface area contributed by atoms with Crippen LogP contribution in [0.4, 0.5) is 5.69 Å². The van der Waals surface area contributed by atoms with Crippen LogP contribution in [0.1, 0.15) is 12.5 Å². The van der Waals surface area contributed by atoms with Gasteiger partial charge in [-0.05, 0) is 24.6 Å². The number of nitro groups is 1. The highest BCUT2D eigenvalue weighted by molar-refractivity contribution is 5.94. The Morgan fingerprint density at radius 3 is 2.83 bits per heavy atom. The second-order valence-corrected chi connectivity index (χ2v) is 3.70. The fourth-order valence-corrected chi connectivity index (χ4v) is 1.81. The predicted molar refractivity (Wildman–Crippen MR) is 69.7 cm³/mol. The monoisotopic (exact) mass is 244 g/mol. The minimum absolute atomic E-state index is 0.0456. The van der Waals surface area contributed by atoms with Crippen molar-refractivity contribution in [3.8, 4) is 5.75 Å². The number of hydrogen-bond donors (Lipinski definition) is 0. The number of non-ortho nitro benzene ring substituents is 1. The number of methoxy groups -OCH3 is 1. The van der Waals surface area contributed by atoms with E-state index in [0.717, 1.165) is 5.56 Å². The van der Waals surface area contributed by atoms with Crippen LogP contribution in [0.15, 0.2) is 30.5 Å². The van der Waals surface area contributed by atoms with Crippen LogP contribution in [0.3, 0.4) is 0 Å². The zero-order valence-corrected chi connectivity index (χ0v) is 10.1. The van der Waals surface area contributed by atoms with Crippen LogP contribution in [0.25, 0.3) is 17.0 Å². The summed E-state index contributed by atoms with van der Waals surface area (Å²) >= 11 is 0. The molecule has 0 amide bonds. The maximum Gasteiger partial charge on any atom is 0.299 e. The number of nitrogens with zero attached hydrogens (tertiary/aromatic N) is 2. The number of hydrogen-bond acceptors (Lipinski definition) is 4. The van der Waals surface area contributed by atoms with Gasteiger partial charge in [0.15, 0.2) is 0 Å². The Balaban J connectivity index is 2.85. The highest BCUT2D eigenvalue weighted by Gasteiger charge is 2.16. The summed E-state index contributed by atoms with van der Waals surface area (Å²) in [7, 11) is 1.48. The predicted octanol–water partition coefficient (Wildman–Crippen LogP) is 3.18. The van der Waals surface area contributed by atoms with Crippen molar-refractivity contribution in [2.75, 3.05) is 7.11 Å². The lowest BCUT2D eigenvalue weighted by Crippen LogP contribution is -1.94. The first-order chi connectivity index (χ1) is 8.67. The number of aromatic nitrogens is 1. The Kier molecular flexibility index (Phi) is 3.23. The minimum Gasteiger partial charge on any atom is -0.496 e. The van der Waals surface area contributed by atoms with E-state index in [1.54, 1.807) is 12.3 Å². The van der Waals surface area contributed by atoms with E-state index in [1.807, 2.05) is 25.1 Å². The smallest absolute Gasteiger partial charge is 0.299 e. The van der Waals surface area contributed by atoms with Crippen LogP contribution in [-0.4, -0.2) is 17.0 Å². The summed E-state index contributed by atoms with van der Waals surface area (Å²) in [6, 6.07) is 4.95. The summed E-state index contributed by atoms with van der Waals surface area (Å²) in [6.07, 6.45) is 5.32. The normalized spacial score (nSPS) is 11.0. The lowest BCUT2D eigenvalue weighted by Gasteiger charge is -2.05. The van der Waals surface area contributed by atoms with Gasteiger partial charge < -0.3 is 4.74 Å². The average molecular weight is 244 g/mol. The third kappa shape index (κ3) is 2.02. The second kappa shape index (κ2) is 4.83. The summed E-state index contributed by atoms with van der Waals surface area (Å²) in [5.74, 6) is 0.452. The highest BCUT2D eigenvalue weighted by atomic mass is 16.6. The van der Waals surface area contributed by atoms with Crippen molar-refractivity contribution in [2.45, 2.75) is 6.92 Å². The molecular weight excluding hydrogens is 232 g/mol. The Morgan fingerprint density at radius 1 is 1.44 bits per heavy atom. The molecule has 1 aromatic carbocycles. The molecule has 2 aromatic rings. The molecule has 0 aliphatic carbocycles. The number of benzene rings is 1. The SMILES string of the molecule is C/C=C/c1ccnc2c([N+](=O)[O-])cc(OC)cc12. The number of allylic oxidation sites excluding steroid dienone is 1. The number of rotatable bonds is 3. The summed E-state index contributed by atoms with van der Waals surface area (Å²) in [5, 5.41) is 11.8. The van der Waals surface area contributed by atoms with E-state index in [9.17, 15) is 10.1 Å². The topological polar surface area (TPSA) is 65.3 Å². The zero-order valence-electron chi connectivity index (χ0n) is 10.1. The Morgan fingerprint density at radius 2 is 2.22 bits per heavy atom. The van der Waals surface area contributed by atoms with Gasteiger partial charge in [-0.2, -0.15) is 0 Å². The molecule has 1 heterocycles. The Hall–Kier alpha value is -2.43. The first kappa shape index (κ1) is 12.0. The fraction of sp³-hybridized carbons (Fsp3) is 0.154. The molecule has 0 N–H and O–H groups in total. The van der Waals surface area contributed by atoms with Gasteiger partial charge in [0.25, 0.3) is 5.69 Å². The van der Waals surface area contributed by atoms with Crippen LogP contribution < -0.4 is 4.74 Å². The van der Waals surface area contributed by atoms with Crippen LogP contribution in [0.2, 0.25) is 0 Å². The maximum atomic E-state index is 11.0. The molecule has 0 fully saturated rings. The highest BCUT2D eigenvalue weighted by Crippen LogP contribution is 2.31. The third-order valence-corrected chi connectivity index (χ3v) is 2.61. The first-order valence-electron chi connectivity index (χ1n) is 5.41. The molecule has 0 aliphatic heterocycles. The number of ether oxygens (including phenoxy) is 1. The van der Waals surface area contributed by atoms with Gasteiger partial charge >= 0.3 is 0 Å². The summed E-state index contributed by atoms with van der Waals surface area (Å²) < 4.78 is 5.09. The van der Waals surface area contributed by atoms with Gasteiger partial charge in [0.2, 0.25) is 0 Å². The van der Waals surface area contributed by atoms with Gasteiger partial charge in [0.05, 0.1) is 18.1 Å². The first-order valence-corrected chi connectivity index (χ1v) is 5.41. The third-order valence-electron chi connectivity index (χ3n) is 2.61. The molecule has 5 nitrogen and oxygen atoms in total. The standard InChI is InChI=1S/C13H12N2O3/c1-3-4-9-5-6-14-13-11(9)7-10(18-2)8-12(13)15(16)17/h3-8H,1-2H3/b4-3+. The van der Waals surface area contributed by atoms with Gasteiger partial charge in [-0.1, -0.05) is 12.2 Å². The van der Waals surface area contributed by atoms with E-state index in [4.69, 9.17) is 4.74 Å². The van der Waals surface area contributed by atoms with Crippen LogP contribution in [0, 0.1) is 10.1 Å². The van der Waals surface area contributed by atoms with Crippen molar-refractivity contribution in [1.82, 2.24) is 4.98 Å². The van der Waals surface area contributed by atoms with Crippen molar-refractivity contribution in [1.29, 1.82) is 0 Å². The fourth-order valence-electron chi connectivity index (χ4n) is 1.81. The van der Waals surface area contributed by atoms with E-state index in [2.05, 4.69) is 4.98 Å². The van der Waals surface area contributed by atoms with E-state index in [0.29, 0.717) is 16.7 Å². The van der Waals surface area contributed by atoms with Crippen molar-refractivity contribution in [3.63, 3.8) is 0 Å². The van der Waals surface area contributed by atoms with E-state index in [-0.39, 0.29) is 5.69 Å². The summed E-state index contributed by atoms with van der Waals surface area (Å²) in [5.41, 5.74) is 1.21. The Labute approximate surface area is 104 Å². The average Bonchev–Trinajstić information content (AvgIpc) is 2.38. The van der Waals surface area contributed by atoms with Crippen molar-refractivity contribution < 1.29 is 9.66 Å². The molecule has 1 aromatic heterocycles. The molecule has 2 rings (SSSR count). The van der Waals surface area contributed by atoms with Gasteiger partial charge in [0, 0.05) is 11.6 Å². The molecule has 92 valence electrons. The largest absolute Gasteiger partial charge is 0.496 e. The number of pyridine rings is 1. The molecule has 0 spiro atoms. The van der Waals surface area contributed by atoms with Gasteiger partial charge in [-0.3, -0.25) is 10.1 Å². The molecular formula is C13H12N2O3. The molecule has 0 saturated heterocycles. The van der Waals surface area contributed by atoms with Crippen LogP contribution in [-0.2, 0) is 0 Å². The molecule has 0 saturated carbocycles. The van der Waals surface area contributed by atoms with E-state index >= 15 is 0 Å². The second-order valence-electron chi connectivity index (χ2n) is 3.70. The summed E-state index contributed by atoms with van der Waals surface area (Å²) in [4.78, 5) is 14.7. The van der Waals surface area contributed by atoms with Crippen molar-refractivity contribution >= 4 is 22.7 Å². The van der Waals surface area contributed by atoms with Crippen molar-refractivity contribution in [3.05, 3.63) is 46.1 Å². The quantitative estimate of drug-likeness (QED) is 0.614. The zero-order chi connectivity index (χ0) is 13.1. The van der Waals surface area contributed by atoms with E-state index in [1.165, 1.54) is 13.2 Å². The van der Waals surface area contributed by atoms with Gasteiger partial charge in [0.1, 0.15) is 11.3 Å².